The highest BCUT2D eigenvalue weighted by molar-refractivity contribution is 5.71. The molecule has 0 aliphatic rings. The third-order valence-corrected chi connectivity index (χ3v) is 6.83. The number of aliphatic carboxylic acids is 1. The van der Waals surface area contributed by atoms with E-state index in [-0.39, 0.29) is 12.4 Å². The predicted molar refractivity (Wildman–Crippen MR) is 148 cm³/mol. The molecule has 0 aromatic heterocycles. The Kier molecular flexibility index (Phi) is 21.4. The Morgan fingerprint density at radius 3 is 1.57 bits per heavy atom. The van der Waals surface area contributed by atoms with E-state index in [1.54, 1.807) is 0 Å². The van der Waals surface area contributed by atoms with Crippen LogP contribution < -0.4 is 0 Å². The summed E-state index contributed by atoms with van der Waals surface area (Å²) in [6, 6.07) is 0. The van der Waals surface area contributed by atoms with Gasteiger partial charge in [-0.05, 0) is 12.3 Å². The first-order valence-electron chi connectivity index (χ1n) is 14.9. The number of carbonyl (C=O) groups is 2. The van der Waals surface area contributed by atoms with Crippen LogP contribution >= 0.6 is 0 Å². The summed E-state index contributed by atoms with van der Waals surface area (Å²) < 4.78 is 6.03. The van der Waals surface area contributed by atoms with Crippen molar-refractivity contribution in [3.05, 3.63) is 0 Å². The van der Waals surface area contributed by atoms with Crippen molar-refractivity contribution in [2.45, 2.75) is 148 Å². The Labute approximate surface area is 218 Å². The van der Waals surface area contributed by atoms with Gasteiger partial charge in [0.25, 0.3) is 0 Å². The number of nitrogens with zero attached hydrogens (tertiary/aromatic N) is 1. The van der Waals surface area contributed by atoms with Crippen LogP contribution in [0.5, 0.6) is 0 Å². The molecule has 0 bridgehead atoms. The molecule has 0 aromatic carbocycles. The summed E-state index contributed by atoms with van der Waals surface area (Å²) in [5.41, 5.74) is 0. The topological polar surface area (TPSA) is 63.6 Å². The van der Waals surface area contributed by atoms with E-state index in [1.807, 2.05) is 21.1 Å². The molecule has 0 fully saturated rings. The van der Waals surface area contributed by atoms with Gasteiger partial charge in [-0.3, -0.25) is 9.59 Å². The number of esters is 1. The van der Waals surface area contributed by atoms with Gasteiger partial charge in [-0.2, -0.15) is 0 Å². The lowest BCUT2D eigenvalue weighted by Gasteiger charge is -2.28. The number of carbonyl (C=O) groups excluding carboxylic acids is 1. The number of ether oxygens (including phenoxy) is 1. The third kappa shape index (κ3) is 25.8. The minimum Gasteiger partial charge on any atom is -0.481 e. The maximum atomic E-state index is 12.1. The lowest BCUT2D eigenvalue weighted by Crippen LogP contribution is -2.43. The molecule has 0 aliphatic heterocycles. The van der Waals surface area contributed by atoms with Gasteiger partial charge in [0.15, 0.2) is 6.10 Å². The van der Waals surface area contributed by atoms with Crippen molar-refractivity contribution in [3.63, 3.8) is 0 Å². The molecule has 0 saturated heterocycles. The van der Waals surface area contributed by atoms with Crippen LogP contribution in [0.4, 0.5) is 0 Å². The van der Waals surface area contributed by atoms with E-state index in [0.717, 1.165) is 25.2 Å². The molecule has 0 amide bonds. The molecule has 35 heavy (non-hydrogen) atoms. The zero-order chi connectivity index (χ0) is 26.4. The van der Waals surface area contributed by atoms with E-state index in [0.29, 0.717) is 17.4 Å². The highest BCUT2D eigenvalue weighted by Crippen LogP contribution is 2.19. The summed E-state index contributed by atoms with van der Waals surface area (Å²) in [4.78, 5) is 23.2. The van der Waals surface area contributed by atoms with Crippen LogP contribution in [-0.2, 0) is 14.3 Å². The second-order valence-corrected chi connectivity index (χ2v) is 11.9. The quantitative estimate of drug-likeness (QED) is 0.0783. The Balaban J connectivity index is 3.60. The summed E-state index contributed by atoms with van der Waals surface area (Å²) in [7, 11) is 5.92. The standard InChI is InChI=1S/C30H59NO4/c1-6-7-8-9-10-11-12-13-14-15-16-19-22-27(2)23-20-17-18-21-24-30(34)35-28(25-29(32)33)26-31(3,4)5/h27-28H,6-26H2,1-5H3/p+1. The van der Waals surface area contributed by atoms with Gasteiger partial charge in [-0.25, -0.2) is 0 Å². The van der Waals surface area contributed by atoms with Crippen LogP contribution in [0.25, 0.3) is 0 Å². The normalized spacial score (nSPS) is 13.5. The number of hydrogen-bond donors (Lipinski definition) is 1. The van der Waals surface area contributed by atoms with Crippen molar-refractivity contribution in [1.29, 1.82) is 0 Å². The monoisotopic (exact) mass is 498 g/mol. The number of quaternary nitrogens is 1. The number of unbranched alkanes of at least 4 members (excludes halogenated alkanes) is 14. The average molecular weight is 499 g/mol. The summed E-state index contributed by atoms with van der Waals surface area (Å²) in [6.07, 6.45) is 23.5. The van der Waals surface area contributed by atoms with Gasteiger partial charge in [0.2, 0.25) is 0 Å². The highest BCUT2D eigenvalue weighted by atomic mass is 16.5. The van der Waals surface area contributed by atoms with Gasteiger partial charge in [0, 0.05) is 6.42 Å². The summed E-state index contributed by atoms with van der Waals surface area (Å²) in [6.45, 7) is 5.17. The van der Waals surface area contributed by atoms with Gasteiger partial charge in [0.05, 0.1) is 27.6 Å². The molecule has 5 nitrogen and oxygen atoms in total. The lowest BCUT2D eigenvalue weighted by atomic mass is 9.96. The Bertz CT molecular complexity index is 515. The van der Waals surface area contributed by atoms with E-state index in [1.165, 1.54) is 96.3 Å². The molecule has 0 rings (SSSR count). The molecule has 2 atom stereocenters. The zero-order valence-electron chi connectivity index (χ0n) is 24.1. The molecule has 1 N–H and O–H groups in total. The first-order valence-corrected chi connectivity index (χ1v) is 14.9. The number of hydrogen-bond acceptors (Lipinski definition) is 3. The van der Waals surface area contributed by atoms with Crippen LogP contribution in [-0.4, -0.2) is 55.3 Å². The molecule has 0 saturated carbocycles. The molecule has 5 heteroatoms. The van der Waals surface area contributed by atoms with Crippen molar-refractivity contribution < 1.29 is 23.9 Å². The molecule has 0 aromatic rings. The van der Waals surface area contributed by atoms with Crippen molar-refractivity contribution in [2.75, 3.05) is 27.7 Å². The van der Waals surface area contributed by atoms with E-state index < -0.39 is 12.1 Å². The number of rotatable bonds is 25. The van der Waals surface area contributed by atoms with Gasteiger partial charge >= 0.3 is 11.9 Å². The lowest BCUT2D eigenvalue weighted by molar-refractivity contribution is -0.873. The Hall–Kier alpha value is -1.10. The molecule has 0 spiro atoms. The van der Waals surface area contributed by atoms with E-state index >= 15 is 0 Å². The van der Waals surface area contributed by atoms with Crippen molar-refractivity contribution in [1.82, 2.24) is 0 Å². The van der Waals surface area contributed by atoms with E-state index in [4.69, 9.17) is 9.84 Å². The summed E-state index contributed by atoms with van der Waals surface area (Å²) in [5, 5.41) is 9.06. The molecular weight excluding hydrogens is 438 g/mol. The second kappa shape index (κ2) is 22.1. The number of carboxylic acids is 1. The maximum absolute atomic E-state index is 12.1. The number of likely N-dealkylation sites (N-methyl/N-ethyl adjacent to an activating group) is 1. The second-order valence-electron chi connectivity index (χ2n) is 11.9. The molecule has 2 unspecified atom stereocenters. The van der Waals surface area contributed by atoms with Crippen LogP contribution in [0.2, 0.25) is 0 Å². The largest absolute Gasteiger partial charge is 0.481 e. The zero-order valence-corrected chi connectivity index (χ0v) is 24.1. The third-order valence-electron chi connectivity index (χ3n) is 6.83. The van der Waals surface area contributed by atoms with Crippen LogP contribution in [0.15, 0.2) is 0 Å². The molecular formula is C30H60NO4+. The minimum atomic E-state index is -0.922. The predicted octanol–water partition coefficient (Wildman–Crippen LogP) is 8.15. The van der Waals surface area contributed by atoms with Crippen molar-refractivity contribution >= 4 is 11.9 Å². The van der Waals surface area contributed by atoms with Gasteiger partial charge in [-0.15, -0.1) is 0 Å². The molecule has 208 valence electrons. The summed E-state index contributed by atoms with van der Waals surface area (Å²) in [5.74, 6) is -0.380. The smallest absolute Gasteiger partial charge is 0.307 e. The van der Waals surface area contributed by atoms with E-state index in [9.17, 15) is 9.59 Å². The molecule has 0 aliphatic carbocycles. The molecule has 0 radical (unpaired) electrons. The van der Waals surface area contributed by atoms with Crippen LogP contribution in [0.3, 0.4) is 0 Å². The fourth-order valence-corrected chi connectivity index (χ4v) is 4.79. The van der Waals surface area contributed by atoms with Crippen LogP contribution in [0.1, 0.15) is 142 Å². The van der Waals surface area contributed by atoms with Gasteiger partial charge < -0.3 is 14.3 Å². The van der Waals surface area contributed by atoms with Crippen LogP contribution in [0, 0.1) is 5.92 Å². The molecule has 0 heterocycles. The van der Waals surface area contributed by atoms with E-state index in [2.05, 4.69) is 13.8 Å². The van der Waals surface area contributed by atoms with Gasteiger partial charge in [-0.1, -0.05) is 123 Å². The first-order chi connectivity index (χ1) is 16.6. The highest BCUT2D eigenvalue weighted by Gasteiger charge is 2.24. The minimum absolute atomic E-state index is 0.127. The number of carboxylic acid groups (broad SMARTS) is 1. The first kappa shape index (κ1) is 33.9. The fourth-order valence-electron chi connectivity index (χ4n) is 4.79. The average Bonchev–Trinajstić information content (AvgIpc) is 2.75. The Morgan fingerprint density at radius 1 is 0.714 bits per heavy atom. The van der Waals surface area contributed by atoms with Gasteiger partial charge in [0.1, 0.15) is 6.54 Å². The van der Waals surface area contributed by atoms with Crippen molar-refractivity contribution in [2.24, 2.45) is 5.92 Å². The van der Waals surface area contributed by atoms with Crippen molar-refractivity contribution in [3.8, 4) is 0 Å². The summed E-state index contributed by atoms with van der Waals surface area (Å²) >= 11 is 0. The maximum Gasteiger partial charge on any atom is 0.307 e. The SMILES string of the molecule is CCCCCCCCCCCCCCC(C)CCCCCCC(=O)OC(CC(=O)O)C[N+](C)(C)C. The fraction of sp³-hybridized carbons (Fsp3) is 0.933. The Morgan fingerprint density at radius 2 is 1.14 bits per heavy atom.